The zero-order chi connectivity index (χ0) is 28.6. The van der Waals surface area contributed by atoms with Crippen LogP contribution in [0.15, 0.2) is 65.6 Å². The highest BCUT2D eigenvalue weighted by Crippen LogP contribution is 2.26. The molecule has 2 aliphatic heterocycles. The first kappa shape index (κ1) is 27.3. The molecule has 0 unspecified atom stereocenters. The monoisotopic (exact) mass is 573 g/mol. The van der Waals surface area contributed by atoms with Gasteiger partial charge in [0.05, 0.1) is 59.5 Å². The molecule has 212 valence electrons. The number of carbonyl (C=O) groups excluding carboxylic acids is 1. The van der Waals surface area contributed by atoms with Crippen molar-refractivity contribution in [3.63, 3.8) is 0 Å². The fourth-order valence-corrected chi connectivity index (χ4v) is 6.69. The molecule has 41 heavy (non-hydrogen) atoms. The van der Waals surface area contributed by atoms with E-state index in [4.69, 9.17) is 14.5 Å². The Bertz CT molecular complexity index is 1720. The second kappa shape index (κ2) is 11.2. The molecule has 1 N–H and O–H groups in total. The molecule has 0 bridgehead atoms. The van der Waals surface area contributed by atoms with Crippen molar-refractivity contribution in [1.29, 1.82) is 0 Å². The standard InChI is InChI=1S/C30H31N5O5S/c1-19-16-35(17-20(2)40-19)29-5-3-4-26(32-29)21-8-9-27-24(12-21)13-25(33-34-27)15-31-30(36)22-6-7-23-18-39-10-11-41(37,38)28(23)14-22/h3-9,12-14,19-20H,10-11,15-18H2,1-2H3,(H,31,36)/t19-,20+. The number of sulfone groups is 1. The van der Waals surface area contributed by atoms with Crippen LogP contribution in [0.2, 0.25) is 0 Å². The van der Waals surface area contributed by atoms with Crippen molar-refractivity contribution >= 4 is 32.5 Å². The Morgan fingerprint density at radius 3 is 2.68 bits per heavy atom. The van der Waals surface area contributed by atoms with Crippen LogP contribution in [0.3, 0.4) is 0 Å². The van der Waals surface area contributed by atoms with Gasteiger partial charge in [0, 0.05) is 29.6 Å². The van der Waals surface area contributed by atoms with E-state index in [1.54, 1.807) is 12.1 Å². The van der Waals surface area contributed by atoms with E-state index < -0.39 is 15.7 Å². The average molecular weight is 574 g/mol. The lowest BCUT2D eigenvalue weighted by Gasteiger charge is -2.36. The Morgan fingerprint density at radius 1 is 1.02 bits per heavy atom. The van der Waals surface area contributed by atoms with Crippen molar-refractivity contribution in [2.24, 2.45) is 0 Å². The summed E-state index contributed by atoms with van der Waals surface area (Å²) in [5, 5.41) is 12.3. The van der Waals surface area contributed by atoms with Gasteiger partial charge in [-0.25, -0.2) is 13.4 Å². The zero-order valence-corrected chi connectivity index (χ0v) is 23.7. The smallest absolute Gasteiger partial charge is 0.251 e. The number of morpholine rings is 1. The largest absolute Gasteiger partial charge is 0.376 e. The van der Waals surface area contributed by atoms with Crippen LogP contribution in [0.5, 0.6) is 0 Å². The number of nitrogens with one attached hydrogen (secondary N) is 1. The normalized spacial score (nSPS) is 20.3. The summed E-state index contributed by atoms with van der Waals surface area (Å²) < 4.78 is 36.4. The van der Waals surface area contributed by atoms with Crippen LogP contribution < -0.4 is 10.2 Å². The van der Waals surface area contributed by atoms with Gasteiger partial charge in [0.15, 0.2) is 9.84 Å². The summed E-state index contributed by atoms with van der Waals surface area (Å²) >= 11 is 0. The van der Waals surface area contributed by atoms with Crippen molar-refractivity contribution < 1.29 is 22.7 Å². The number of ether oxygens (including phenoxy) is 2. The van der Waals surface area contributed by atoms with Crippen LogP contribution in [-0.2, 0) is 32.5 Å². The van der Waals surface area contributed by atoms with Gasteiger partial charge in [-0.05, 0) is 61.9 Å². The molecule has 4 aromatic rings. The summed E-state index contributed by atoms with van der Waals surface area (Å²) in [6.07, 6.45) is 0.281. The highest BCUT2D eigenvalue weighted by Gasteiger charge is 2.25. The van der Waals surface area contributed by atoms with Crippen LogP contribution >= 0.6 is 0 Å². The van der Waals surface area contributed by atoms with E-state index in [1.165, 1.54) is 6.07 Å². The average Bonchev–Trinajstić information content (AvgIpc) is 3.12. The molecule has 2 aromatic heterocycles. The topological polar surface area (TPSA) is 124 Å². The molecule has 0 aliphatic carbocycles. The molecule has 1 saturated heterocycles. The number of rotatable bonds is 5. The Morgan fingerprint density at radius 2 is 1.85 bits per heavy atom. The van der Waals surface area contributed by atoms with Gasteiger partial charge in [-0.2, -0.15) is 10.2 Å². The summed E-state index contributed by atoms with van der Waals surface area (Å²) in [4.78, 5) is 20.2. The number of benzene rings is 2. The maximum Gasteiger partial charge on any atom is 0.251 e. The van der Waals surface area contributed by atoms with E-state index in [0.29, 0.717) is 11.3 Å². The van der Waals surface area contributed by atoms with Gasteiger partial charge >= 0.3 is 0 Å². The number of carbonyl (C=O) groups is 1. The number of nitrogens with zero attached hydrogens (tertiary/aromatic N) is 4. The van der Waals surface area contributed by atoms with Gasteiger partial charge < -0.3 is 19.7 Å². The lowest BCUT2D eigenvalue weighted by molar-refractivity contribution is -0.00545. The summed E-state index contributed by atoms with van der Waals surface area (Å²) in [6, 6.07) is 18.5. The molecule has 2 aromatic carbocycles. The third kappa shape index (κ3) is 5.92. The predicted octanol–water partition coefficient (Wildman–Crippen LogP) is 3.54. The zero-order valence-electron chi connectivity index (χ0n) is 22.9. The molecule has 4 heterocycles. The molecule has 0 spiro atoms. The number of pyridine rings is 1. The van der Waals surface area contributed by atoms with Crippen molar-refractivity contribution in [3.8, 4) is 11.3 Å². The highest BCUT2D eigenvalue weighted by molar-refractivity contribution is 7.91. The van der Waals surface area contributed by atoms with Gasteiger partial charge in [0.2, 0.25) is 0 Å². The Hall–Kier alpha value is -3.93. The highest BCUT2D eigenvalue weighted by atomic mass is 32.2. The van der Waals surface area contributed by atoms with Crippen molar-refractivity contribution in [2.45, 2.75) is 44.1 Å². The van der Waals surface area contributed by atoms with Gasteiger partial charge in [0.1, 0.15) is 5.82 Å². The molecule has 1 amide bonds. The van der Waals surface area contributed by atoms with E-state index in [1.807, 2.05) is 42.5 Å². The third-order valence-corrected chi connectivity index (χ3v) is 9.01. The molecular formula is C30H31N5O5S. The molecule has 1 fully saturated rings. The third-order valence-electron chi connectivity index (χ3n) is 7.26. The first-order chi connectivity index (χ1) is 19.7. The van der Waals surface area contributed by atoms with E-state index in [0.717, 1.165) is 41.1 Å². The summed E-state index contributed by atoms with van der Waals surface area (Å²) in [5.74, 6) is 0.418. The number of fused-ring (bicyclic) bond motifs is 2. The molecule has 0 saturated carbocycles. The van der Waals surface area contributed by atoms with E-state index in [-0.39, 0.29) is 48.2 Å². The maximum absolute atomic E-state index is 12.9. The van der Waals surface area contributed by atoms with Crippen LogP contribution in [0.25, 0.3) is 22.2 Å². The molecule has 0 radical (unpaired) electrons. The predicted molar refractivity (Wildman–Crippen MR) is 154 cm³/mol. The molecular weight excluding hydrogens is 542 g/mol. The summed E-state index contributed by atoms with van der Waals surface area (Å²) in [5.41, 5.74) is 3.94. The van der Waals surface area contributed by atoms with Gasteiger partial charge in [-0.3, -0.25) is 4.79 Å². The van der Waals surface area contributed by atoms with Gasteiger partial charge in [-0.15, -0.1) is 0 Å². The number of hydrogen-bond donors (Lipinski definition) is 1. The minimum absolute atomic E-state index is 0.106. The fourth-order valence-electron chi connectivity index (χ4n) is 5.30. The minimum atomic E-state index is -3.51. The number of aromatic nitrogens is 3. The molecule has 2 atom stereocenters. The number of anilines is 1. The first-order valence-corrected chi connectivity index (χ1v) is 15.3. The minimum Gasteiger partial charge on any atom is -0.376 e. The second-order valence-electron chi connectivity index (χ2n) is 10.5. The maximum atomic E-state index is 12.9. The van der Waals surface area contributed by atoms with E-state index >= 15 is 0 Å². The lowest BCUT2D eigenvalue weighted by atomic mass is 10.1. The van der Waals surface area contributed by atoms with E-state index in [2.05, 4.69) is 34.3 Å². The fraction of sp³-hybridized carbons (Fsp3) is 0.333. The van der Waals surface area contributed by atoms with Gasteiger partial charge in [-0.1, -0.05) is 18.2 Å². The van der Waals surface area contributed by atoms with Crippen LogP contribution in [-0.4, -0.2) is 67.2 Å². The lowest BCUT2D eigenvalue weighted by Crippen LogP contribution is -2.45. The molecule has 11 heteroatoms. The molecule has 6 rings (SSSR count). The van der Waals surface area contributed by atoms with E-state index in [9.17, 15) is 13.2 Å². The van der Waals surface area contributed by atoms with Crippen LogP contribution in [0.1, 0.15) is 35.5 Å². The number of amides is 1. The van der Waals surface area contributed by atoms with Crippen LogP contribution in [0, 0.1) is 0 Å². The number of hydrogen-bond acceptors (Lipinski definition) is 9. The summed E-state index contributed by atoms with van der Waals surface area (Å²) in [7, 11) is -3.51. The van der Waals surface area contributed by atoms with Crippen molar-refractivity contribution in [1.82, 2.24) is 20.5 Å². The SMILES string of the molecule is C[C@@H]1CN(c2cccc(-c3ccc4nnc(CNC(=O)c5ccc6c(c5)S(=O)(=O)CCOC6)cc4c3)n2)C[C@H](C)O1. The first-order valence-electron chi connectivity index (χ1n) is 13.6. The Kier molecular flexibility index (Phi) is 7.41. The van der Waals surface area contributed by atoms with Gasteiger partial charge in [0.25, 0.3) is 5.91 Å². The Balaban J connectivity index is 1.19. The quantitative estimate of drug-likeness (QED) is 0.382. The summed E-state index contributed by atoms with van der Waals surface area (Å²) in [6.45, 7) is 6.21. The second-order valence-corrected chi connectivity index (χ2v) is 12.6. The van der Waals surface area contributed by atoms with Crippen molar-refractivity contribution in [2.75, 3.05) is 30.3 Å². The Labute approximate surface area is 238 Å². The molecule has 2 aliphatic rings. The molecule has 10 nitrogen and oxygen atoms in total. The van der Waals surface area contributed by atoms with Crippen molar-refractivity contribution in [3.05, 3.63) is 77.5 Å². The van der Waals surface area contributed by atoms with Crippen LogP contribution in [0.4, 0.5) is 5.82 Å².